The molecule has 3 aromatic rings. The number of nitrogens with one attached hydrogen (secondary N) is 2. The largest absolute Gasteiger partial charge is 0.350 e. The fourth-order valence-corrected chi connectivity index (χ4v) is 3.47. The number of amides is 2. The molecule has 4 heteroatoms. The zero-order chi connectivity index (χ0) is 21.3. The molecular formula is C26H28N2O2. The van der Waals surface area contributed by atoms with Crippen molar-refractivity contribution in [1.29, 1.82) is 0 Å². The second-order valence-corrected chi connectivity index (χ2v) is 7.39. The van der Waals surface area contributed by atoms with Gasteiger partial charge in [0.1, 0.15) is 0 Å². The first kappa shape index (κ1) is 21.3. The maximum atomic E-state index is 12.9. The zero-order valence-corrected chi connectivity index (χ0v) is 17.5. The van der Waals surface area contributed by atoms with Gasteiger partial charge in [-0.25, -0.2) is 0 Å². The summed E-state index contributed by atoms with van der Waals surface area (Å²) in [4.78, 5) is 24.4. The second kappa shape index (κ2) is 10.4. The Bertz CT molecular complexity index is 914. The number of rotatable bonds is 8. The van der Waals surface area contributed by atoms with Gasteiger partial charge in [-0.15, -0.1) is 0 Å². The zero-order valence-electron chi connectivity index (χ0n) is 17.5. The van der Waals surface area contributed by atoms with Gasteiger partial charge >= 0.3 is 0 Å². The third kappa shape index (κ3) is 5.80. The Balaban J connectivity index is 1.67. The highest BCUT2D eigenvalue weighted by molar-refractivity contribution is 5.90. The number of benzene rings is 3. The minimum atomic E-state index is -0.124. The van der Waals surface area contributed by atoms with Gasteiger partial charge in [0.15, 0.2) is 0 Å². The van der Waals surface area contributed by atoms with Crippen molar-refractivity contribution in [2.75, 3.05) is 5.32 Å². The molecule has 0 aliphatic carbocycles. The van der Waals surface area contributed by atoms with Crippen molar-refractivity contribution in [3.05, 3.63) is 102 Å². The van der Waals surface area contributed by atoms with E-state index in [4.69, 9.17) is 0 Å². The molecule has 30 heavy (non-hydrogen) atoms. The first-order valence-corrected chi connectivity index (χ1v) is 10.4. The highest BCUT2D eigenvalue weighted by atomic mass is 16.2. The first-order chi connectivity index (χ1) is 14.6. The van der Waals surface area contributed by atoms with Crippen LogP contribution in [0, 0.1) is 0 Å². The van der Waals surface area contributed by atoms with Crippen molar-refractivity contribution in [2.24, 2.45) is 0 Å². The molecule has 2 N–H and O–H groups in total. The van der Waals surface area contributed by atoms with Gasteiger partial charge in [-0.1, -0.05) is 79.7 Å². The van der Waals surface area contributed by atoms with E-state index in [1.54, 1.807) is 0 Å². The van der Waals surface area contributed by atoms with Crippen molar-refractivity contribution in [1.82, 2.24) is 5.32 Å². The van der Waals surface area contributed by atoms with E-state index in [1.165, 1.54) is 0 Å². The van der Waals surface area contributed by atoms with Crippen molar-refractivity contribution in [3.8, 4) is 0 Å². The number of hydrogen-bond acceptors (Lipinski definition) is 2. The lowest BCUT2D eigenvalue weighted by atomic mass is 9.88. The Kier molecular flexibility index (Phi) is 7.39. The van der Waals surface area contributed by atoms with Crippen LogP contribution in [-0.4, -0.2) is 11.8 Å². The molecule has 4 nitrogen and oxygen atoms in total. The van der Waals surface area contributed by atoms with Gasteiger partial charge in [-0.2, -0.15) is 0 Å². The molecule has 0 bridgehead atoms. The normalized spacial score (nSPS) is 11.7. The van der Waals surface area contributed by atoms with Crippen molar-refractivity contribution >= 4 is 17.5 Å². The van der Waals surface area contributed by atoms with Crippen LogP contribution in [-0.2, 0) is 9.59 Å². The molecule has 0 aliphatic rings. The highest BCUT2D eigenvalue weighted by Gasteiger charge is 2.19. The van der Waals surface area contributed by atoms with Crippen molar-refractivity contribution in [3.63, 3.8) is 0 Å². The van der Waals surface area contributed by atoms with Gasteiger partial charge in [0, 0.05) is 24.4 Å². The third-order valence-corrected chi connectivity index (χ3v) is 5.19. The maximum absolute atomic E-state index is 12.9. The first-order valence-electron chi connectivity index (χ1n) is 10.4. The van der Waals surface area contributed by atoms with E-state index in [-0.39, 0.29) is 23.8 Å². The maximum Gasteiger partial charge on any atom is 0.224 e. The van der Waals surface area contributed by atoms with E-state index in [0.29, 0.717) is 12.8 Å². The Hall–Kier alpha value is -3.40. The van der Waals surface area contributed by atoms with Crippen LogP contribution >= 0.6 is 0 Å². The van der Waals surface area contributed by atoms with E-state index < -0.39 is 0 Å². The summed E-state index contributed by atoms with van der Waals surface area (Å²) in [5.41, 5.74) is 4.01. The Morgan fingerprint density at radius 2 is 1.27 bits per heavy atom. The molecular weight excluding hydrogens is 372 g/mol. The Morgan fingerprint density at radius 3 is 1.77 bits per heavy atom. The average Bonchev–Trinajstić information content (AvgIpc) is 2.79. The summed E-state index contributed by atoms with van der Waals surface area (Å²) in [5, 5.41) is 5.95. The van der Waals surface area contributed by atoms with Crippen LogP contribution in [0.2, 0.25) is 0 Å². The van der Waals surface area contributed by atoms with Gasteiger partial charge in [0.05, 0.1) is 6.04 Å². The summed E-state index contributed by atoms with van der Waals surface area (Å²) in [6.45, 7) is 3.79. The minimum Gasteiger partial charge on any atom is -0.350 e. The summed E-state index contributed by atoms with van der Waals surface area (Å²) >= 11 is 0. The lowest BCUT2D eigenvalue weighted by Crippen LogP contribution is -2.28. The van der Waals surface area contributed by atoms with Crippen molar-refractivity contribution in [2.45, 2.75) is 38.6 Å². The fourth-order valence-electron chi connectivity index (χ4n) is 3.47. The SMILES string of the molecule is CCC(=O)Nc1ccc(C(C)NC(=O)CC(c2ccccc2)c2ccccc2)cc1. The smallest absolute Gasteiger partial charge is 0.224 e. The molecule has 0 heterocycles. The molecule has 3 aromatic carbocycles. The molecule has 0 saturated carbocycles. The quantitative estimate of drug-likeness (QED) is 0.529. The fraction of sp³-hybridized carbons (Fsp3) is 0.231. The van der Waals surface area contributed by atoms with Gasteiger partial charge in [0.2, 0.25) is 11.8 Å². The molecule has 1 atom stereocenters. The molecule has 0 radical (unpaired) electrons. The van der Waals surface area contributed by atoms with Crippen LogP contribution in [0.1, 0.15) is 55.3 Å². The van der Waals surface area contributed by atoms with E-state index >= 15 is 0 Å². The molecule has 0 aromatic heterocycles. The molecule has 0 saturated heterocycles. The van der Waals surface area contributed by atoms with E-state index in [9.17, 15) is 9.59 Å². The van der Waals surface area contributed by atoms with Crippen LogP contribution in [0.3, 0.4) is 0 Å². The Labute approximate surface area is 178 Å². The summed E-state index contributed by atoms with van der Waals surface area (Å²) in [6.07, 6.45) is 0.821. The van der Waals surface area contributed by atoms with Gasteiger partial charge in [0.25, 0.3) is 0 Å². The third-order valence-electron chi connectivity index (χ3n) is 5.19. The topological polar surface area (TPSA) is 58.2 Å². The van der Waals surface area contributed by atoms with E-state index in [2.05, 4.69) is 34.9 Å². The number of carbonyl (C=O) groups is 2. The van der Waals surface area contributed by atoms with Crippen molar-refractivity contribution < 1.29 is 9.59 Å². The lowest BCUT2D eigenvalue weighted by Gasteiger charge is -2.20. The van der Waals surface area contributed by atoms with Crippen LogP contribution in [0.15, 0.2) is 84.9 Å². The molecule has 0 aliphatic heterocycles. The summed E-state index contributed by atoms with van der Waals surface area (Å²) in [5.74, 6) is -0.00762. The van der Waals surface area contributed by atoms with Crippen LogP contribution in [0.5, 0.6) is 0 Å². The van der Waals surface area contributed by atoms with E-state index in [0.717, 1.165) is 22.4 Å². The van der Waals surface area contributed by atoms with Gasteiger partial charge in [-0.3, -0.25) is 9.59 Å². The molecule has 1 unspecified atom stereocenters. The monoisotopic (exact) mass is 400 g/mol. The molecule has 0 fully saturated rings. The van der Waals surface area contributed by atoms with E-state index in [1.807, 2.05) is 74.5 Å². The summed E-state index contributed by atoms with van der Waals surface area (Å²) in [7, 11) is 0. The lowest BCUT2D eigenvalue weighted by molar-refractivity contribution is -0.122. The molecule has 3 rings (SSSR count). The predicted molar refractivity (Wildman–Crippen MR) is 121 cm³/mol. The number of anilines is 1. The summed E-state index contributed by atoms with van der Waals surface area (Å²) < 4.78 is 0. The van der Waals surface area contributed by atoms with Crippen LogP contribution < -0.4 is 10.6 Å². The second-order valence-electron chi connectivity index (χ2n) is 7.39. The number of hydrogen-bond donors (Lipinski definition) is 2. The van der Waals surface area contributed by atoms with Gasteiger partial charge in [-0.05, 0) is 35.7 Å². The Morgan fingerprint density at radius 1 is 0.733 bits per heavy atom. The van der Waals surface area contributed by atoms with Crippen LogP contribution in [0.4, 0.5) is 5.69 Å². The minimum absolute atomic E-state index is 0.00330. The molecule has 0 spiro atoms. The standard InChI is InChI=1S/C26H28N2O2/c1-3-25(29)28-23-16-14-20(15-17-23)19(2)27-26(30)18-24(21-10-6-4-7-11-21)22-12-8-5-9-13-22/h4-17,19,24H,3,18H2,1-2H3,(H,27,30)(H,28,29). The highest BCUT2D eigenvalue weighted by Crippen LogP contribution is 2.28. The summed E-state index contributed by atoms with van der Waals surface area (Å²) in [6, 6.07) is 27.7. The predicted octanol–water partition coefficient (Wildman–Crippen LogP) is 5.43. The average molecular weight is 401 g/mol. The van der Waals surface area contributed by atoms with Gasteiger partial charge < -0.3 is 10.6 Å². The molecule has 2 amide bonds. The molecule has 154 valence electrons. The number of carbonyl (C=O) groups excluding carboxylic acids is 2. The van der Waals surface area contributed by atoms with Crippen LogP contribution in [0.25, 0.3) is 0 Å².